The van der Waals surface area contributed by atoms with Crippen LogP contribution in [0.2, 0.25) is 5.02 Å². The lowest BCUT2D eigenvalue weighted by atomic mass is 9.93. The lowest BCUT2D eigenvalue weighted by Gasteiger charge is -2.37. The first kappa shape index (κ1) is 23.9. The van der Waals surface area contributed by atoms with Crippen LogP contribution in [0.3, 0.4) is 0 Å². The summed E-state index contributed by atoms with van der Waals surface area (Å²) in [5.74, 6) is -0.312. The molecule has 33 heavy (non-hydrogen) atoms. The van der Waals surface area contributed by atoms with Crippen molar-refractivity contribution >= 4 is 40.4 Å². The second-order valence-corrected chi connectivity index (χ2v) is 9.91. The van der Waals surface area contributed by atoms with Gasteiger partial charge in [0.05, 0.1) is 30.3 Å². The molecule has 1 saturated carbocycles. The molecule has 1 unspecified atom stereocenters. The number of rotatable bonds is 6. The quantitative estimate of drug-likeness (QED) is 0.484. The molecule has 1 amide bonds. The molecular formula is C25H30ClN3O3S. The highest BCUT2D eigenvalue weighted by atomic mass is 35.5. The zero-order valence-electron chi connectivity index (χ0n) is 19.3. The molecular weight excluding hydrogens is 458 g/mol. The number of carbonyl (C=O) groups is 2. The predicted molar refractivity (Wildman–Crippen MR) is 133 cm³/mol. The zero-order chi connectivity index (χ0) is 23.5. The molecule has 3 aliphatic rings. The molecule has 0 radical (unpaired) electrons. The van der Waals surface area contributed by atoms with Crippen molar-refractivity contribution in [2.45, 2.75) is 64.5 Å². The van der Waals surface area contributed by atoms with Crippen molar-refractivity contribution in [3.8, 4) is 0 Å². The molecule has 6 nitrogen and oxygen atoms in total. The maximum Gasteiger partial charge on any atom is 0.338 e. The maximum absolute atomic E-state index is 13.2. The summed E-state index contributed by atoms with van der Waals surface area (Å²) in [6, 6.07) is 7.33. The number of aliphatic imine (C=N–C) groups is 1. The van der Waals surface area contributed by atoms with Crippen molar-refractivity contribution < 1.29 is 14.3 Å². The molecule has 1 aliphatic carbocycles. The Bertz CT molecular complexity index is 1030. The average Bonchev–Trinajstić information content (AvgIpc) is 3.20. The van der Waals surface area contributed by atoms with E-state index in [1.165, 1.54) is 31.0 Å². The molecule has 0 spiro atoms. The van der Waals surface area contributed by atoms with Gasteiger partial charge in [0.2, 0.25) is 5.91 Å². The summed E-state index contributed by atoms with van der Waals surface area (Å²) < 4.78 is 5.39. The normalized spacial score (nSPS) is 20.8. The molecule has 8 heteroatoms. The van der Waals surface area contributed by atoms with Gasteiger partial charge >= 0.3 is 5.97 Å². The van der Waals surface area contributed by atoms with Gasteiger partial charge in [0.25, 0.3) is 0 Å². The molecule has 1 aromatic rings. The van der Waals surface area contributed by atoms with Crippen LogP contribution >= 0.6 is 23.4 Å². The SMILES string of the molecule is CCOC(=O)C1=C(C)N=C2SC=C(CC(=O)N(C)C3CCCCC3)N2C1c1cccc(Cl)c1. The molecule has 0 saturated heterocycles. The van der Waals surface area contributed by atoms with Crippen molar-refractivity contribution in [3.05, 3.63) is 57.2 Å². The average molecular weight is 488 g/mol. The number of nitrogens with zero attached hydrogens (tertiary/aromatic N) is 3. The first-order valence-corrected chi connectivity index (χ1v) is 12.8. The molecule has 176 valence electrons. The van der Waals surface area contributed by atoms with Gasteiger partial charge in [-0.15, -0.1) is 0 Å². The van der Waals surface area contributed by atoms with Gasteiger partial charge in [-0.2, -0.15) is 0 Å². The molecule has 0 bridgehead atoms. The number of thioether (sulfide) groups is 1. The summed E-state index contributed by atoms with van der Waals surface area (Å²) in [6.07, 6.45) is 5.98. The fourth-order valence-electron chi connectivity index (χ4n) is 4.78. The van der Waals surface area contributed by atoms with Crippen molar-refractivity contribution in [2.24, 2.45) is 4.99 Å². The van der Waals surface area contributed by atoms with Gasteiger partial charge in [-0.25, -0.2) is 9.79 Å². The molecule has 1 aromatic carbocycles. The van der Waals surface area contributed by atoms with Crippen molar-refractivity contribution in [2.75, 3.05) is 13.7 Å². The minimum absolute atomic E-state index is 0.0869. The summed E-state index contributed by atoms with van der Waals surface area (Å²) >= 11 is 7.80. The van der Waals surface area contributed by atoms with Crippen molar-refractivity contribution in [3.63, 3.8) is 0 Å². The van der Waals surface area contributed by atoms with Gasteiger partial charge in [0.1, 0.15) is 0 Å². The van der Waals surface area contributed by atoms with Gasteiger partial charge in [-0.05, 0) is 49.8 Å². The highest BCUT2D eigenvalue weighted by molar-refractivity contribution is 8.16. The van der Waals surface area contributed by atoms with E-state index >= 15 is 0 Å². The van der Waals surface area contributed by atoms with Crippen LogP contribution in [0, 0.1) is 0 Å². The summed E-state index contributed by atoms with van der Waals surface area (Å²) in [6.45, 7) is 3.89. The summed E-state index contributed by atoms with van der Waals surface area (Å²) in [4.78, 5) is 34.8. The molecule has 0 aromatic heterocycles. The van der Waals surface area contributed by atoms with Gasteiger partial charge in [-0.3, -0.25) is 4.79 Å². The Labute approximate surface area is 204 Å². The number of halogens is 1. The van der Waals surface area contributed by atoms with Crippen LogP contribution in [-0.2, 0) is 14.3 Å². The van der Waals surface area contributed by atoms with Crippen LogP contribution in [0.15, 0.2) is 51.6 Å². The first-order chi connectivity index (χ1) is 15.9. The third kappa shape index (κ3) is 4.99. The number of hydrogen-bond acceptors (Lipinski definition) is 6. The molecule has 1 atom stereocenters. The Morgan fingerprint density at radius 1 is 1.27 bits per heavy atom. The first-order valence-electron chi connectivity index (χ1n) is 11.5. The number of hydrogen-bond donors (Lipinski definition) is 0. The number of allylic oxidation sites excluding steroid dienone is 1. The Morgan fingerprint density at radius 2 is 2.03 bits per heavy atom. The number of carbonyl (C=O) groups excluding carboxylic acids is 2. The minimum atomic E-state index is -0.454. The number of fused-ring (bicyclic) bond motifs is 1. The number of esters is 1. The third-order valence-electron chi connectivity index (χ3n) is 6.51. The van der Waals surface area contributed by atoms with E-state index in [1.807, 2.05) is 53.4 Å². The highest BCUT2D eigenvalue weighted by Crippen LogP contribution is 2.45. The van der Waals surface area contributed by atoms with Crippen molar-refractivity contribution in [1.82, 2.24) is 9.80 Å². The van der Waals surface area contributed by atoms with Crippen LogP contribution in [0.25, 0.3) is 0 Å². The maximum atomic E-state index is 13.2. The van der Waals surface area contributed by atoms with Crippen LogP contribution < -0.4 is 0 Å². The van der Waals surface area contributed by atoms with E-state index in [-0.39, 0.29) is 18.9 Å². The van der Waals surface area contributed by atoms with Gasteiger partial charge in [0.15, 0.2) is 5.17 Å². The lowest BCUT2D eigenvalue weighted by Crippen LogP contribution is -2.41. The fourth-order valence-corrected chi connectivity index (χ4v) is 5.95. The topological polar surface area (TPSA) is 62.2 Å². The third-order valence-corrected chi connectivity index (χ3v) is 7.63. The Balaban J connectivity index is 1.65. The molecule has 0 N–H and O–H groups in total. The van der Waals surface area contributed by atoms with E-state index < -0.39 is 12.0 Å². The number of ether oxygens (including phenoxy) is 1. The Kier molecular flexibility index (Phi) is 7.49. The fraction of sp³-hybridized carbons (Fsp3) is 0.480. The largest absolute Gasteiger partial charge is 0.463 e. The standard InChI is InChI=1S/C25H30ClN3O3S/c1-4-32-24(31)22-16(2)27-25-29(23(22)17-9-8-10-18(26)13-17)20(15-33-25)14-21(30)28(3)19-11-6-5-7-12-19/h8-10,13,15,19,23H,4-7,11-12,14H2,1-3H3. The molecule has 4 rings (SSSR count). The number of amidine groups is 1. The summed E-state index contributed by atoms with van der Waals surface area (Å²) in [5.41, 5.74) is 2.80. The Morgan fingerprint density at radius 3 is 2.73 bits per heavy atom. The van der Waals surface area contributed by atoms with Gasteiger partial charge in [-0.1, -0.05) is 54.8 Å². The molecule has 2 aliphatic heterocycles. The van der Waals surface area contributed by atoms with E-state index in [0.29, 0.717) is 22.3 Å². The van der Waals surface area contributed by atoms with E-state index in [9.17, 15) is 9.59 Å². The number of benzene rings is 1. The minimum Gasteiger partial charge on any atom is -0.463 e. The van der Waals surface area contributed by atoms with Gasteiger partial charge < -0.3 is 14.5 Å². The van der Waals surface area contributed by atoms with Gasteiger partial charge in [0, 0.05) is 23.8 Å². The predicted octanol–water partition coefficient (Wildman–Crippen LogP) is 5.66. The molecule has 2 heterocycles. The van der Waals surface area contributed by atoms with Crippen LogP contribution in [0.5, 0.6) is 0 Å². The van der Waals surface area contributed by atoms with Crippen LogP contribution in [-0.4, -0.2) is 46.5 Å². The second-order valence-electron chi connectivity index (χ2n) is 8.64. The van der Waals surface area contributed by atoms with E-state index in [4.69, 9.17) is 21.3 Å². The lowest BCUT2D eigenvalue weighted by molar-refractivity contribution is -0.139. The summed E-state index contributed by atoms with van der Waals surface area (Å²) in [5, 5.41) is 3.32. The monoisotopic (exact) mass is 487 g/mol. The van der Waals surface area contributed by atoms with E-state index in [1.54, 1.807) is 6.92 Å². The van der Waals surface area contributed by atoms with Crippen molar-refractivity contribution in [1.29, 1.82) is 0 Å². The highest BCUT2D eigenvalue weighted by Gasteiger charge is 2.41. The van der Waals surface area contributed by atoms with Crippen LogP contribution in [0.1, 0.15) is 64.0 Å². The Hall–Kier alpha value is -2.25. The second kappa shape index (κ2) is 10.3. The number of amides is 1. The molecule has 1 fully saturated rings. The zero-order valence-corrected chi connectivity index (χ0v) is 20.9. The smallest absolute Gasteiger partial charge is 0.338 e. The van der Waals surface area contributed by atoms with E-state index in [0.717, 1.165) is 29.3 Å². The van der Waals surface area contributed by atoms with Crippen LogP contribution in [0.4, 0.5) is 0 Å². The van der Waals surface area contributed by atoms with E-state index in [2.05, 4.69) is 0 Å². The summed E-state index contributed by atoms with van der Waals surface area (Å²) in [7, 11) is 1.91.